The molecule has 0 N–H and O–H groups in total. The maximum Gasteiger partial charge on any atom is 0.169 e. The van der Waals surface area contributed by atoms with Gasteiger partial charge in [-0.1, -0.05) is 0 Å². The molecule has 3 aliphatic rings. The Morgan fingerprint density at radius 3 is 2.27 bits per heavy atom. The van der Waals surface area contributed by atoms with Crippen LogP contribution in [0.4, 0.5) is 0 Å². The summed E-state index contributed by atoms with van der Waals surface area (Å²) in [5, 5.41) is 0. The molecule has 15 heavy (non-hydrogen) atoms. The van der Waals surface area contributed by atoms with E-state index in [-0.39, 0.29) is 5.79 Å². The van der Waals surface area contributed by atoms with E-state index in [4.69, 9.17) is 13.7 Å². The molecular formula is C10H15IO3S. The molecule has 2 saturated carbocycles. The number of halogens is 1. The van der Waals surface area contributed by atoms with Crippen molar-refractivity contribution in [3.8, 4) is 0 Å². The highest BCUT2D eigenvalue weighted by Gasteiger charge is 2.52. The number of hydrogen-bond acceptors (Lipinski definition) is 4. The second-order valence-corrected chi connectivity index (χ2v) is 6.19. The molecular weight excluding hydrogens is 327 g/mol. The van der Waals surface area contributed by atoms with Crippen molar-refractivity contribution < 1.29 is 13.7 Å². The highest BCUT2D eigenvalue weighted by atomic mass is 127. The van der Waals surface area contributed by atoms with Crippen molar-refractivity contribution in [1.82, 2.24) is 0 Å². The molecule has 3 rings (SSSR count). The van der Waals surface area contributed by atoms with Crippen LogP contribution in [-0.4, -0.2) is 25.1 Å². The summed E-state index contributed by atoms with van der Waals surface area (Å²) in [7, 11) is 1.47. The van der Waals surface area contributed by atoms with E-state index >= 15 is 0 Å². The minimum atomic E-state index is -0.197. The van der Waals surface area contributed by atoms with E-state index in [0.717, 1.165) is 37.9 Å². The molecule has 3 nitrogen and oxygen atoms in total. The zero-order valence-electron chi connectivity index (χ0n) is 8.49. The predicted octanol–water partition coefficient (Wildman–Crippen LogP) is 2.93. The molecule has 0 bridgehead atoms. The van der Waals surface area contributed by atoms with Crippen molar-refractivity contribution in [2.45, 2.75) is 37.6 Å². The molecule has 2 aliphatic carbocycles. The number of rotatable bonds is 2. The van der Waals surface area contributed by atoms with Crippen molar-refractivity contribution in [3.05, 3.63) is 0 Å². The fraction of sp³-hybridized carbons (Fsp3) is 1.00. The molecule has 1 heterocycles. The maximum absolute atomic E-state index is 5.76. The third kappa shape index (κ3) is 2.06. The summed E-state index contributed by atoms with van der Waals surface area (Å²) in [6.45, 7) is 1.56. The summed E-state index contributed by atoms with van der Waals surface area (Å²) >= 11 is 2.20. The van der Waals surface area contributed by atoms with Gasteiger partial charge < -0.3 is 13.7 Å². The fourth-order valence-corrected chi connectivity index (χ4v) is 4.54. The first-order chi connectivity index (χ1) is 7.31. The Balaban J connectivity index is 1.61. The van der Waals surface area contributed by atoms with E-state index in [0.29, 0.717) is 6.10 Å². The van der Waals surface area contributed by atoms with Crippen molar-refractivity contribution in [1.29, 1.82) is 0 Å². The summed E-state index contributed by atoms with van der Waals surface area (Å²) in [5.74, 6) is 1.32. The zero-order valence-corrected chi connectivity index (χ0v) is 11.5. The number of ether oxygens (including phenoxy) is 2. The van der Waals surface area contributed by atoms with Gasteiger partial charge in [0, 0.05) is 34.0 Å². The third-order valence-electron chi connectivity index (χ3n) is 3.93. The van der Waals surface area contributed by atoms with Crippen LogP contribution in [0.25, 0.3) is 0 Å². The van der Waals surface area contributed by atoms with Gasteiger partial charge in [-0.25, -0.2) is 0 Å². The van der Waals surface area contributed by atoms with E-state index in [2.05, 4.69) is 21.2 Å². The first kappa shape index (κ1) is 11.1. The van der Waals surface area contributed by atoms with E-state index in [1.807, 2.05) is 0 Å². The second-order valence-electron chi connectivity index (χ2n) is 4.79. The fourth-order valence-electron chi connectivity index (χ4n) is 3.40. The Labute approximate surface area is 106 Å². The van der Waals surface area contributed by atoms with Crippen LogP contribution in [0.5, 0.6) is 0 Å². The molecule has 2 atom stereocenters. The topological polar surface area (TPSA) is 27.7 Å². The van der Waals surface area contributed by atoms with Crippen LogP contribution in [0, 0.1) is 11.8 Å². The van der Waals surface area contributed by atoms with E-state index < -0.39 is 0 Å². The second kappa shape index (κ2) is 4.33. The van der Waals surface area contributed by atoms with Crippen LogP contribution < -0.4 is 0 Å². The molecule has 2 unspecified atom stereocenters. The van der Waals surface area contributed by atoms with Gasteiger partial charge in [0.2, 0.25) is 0 Å². The molecule has 0 aromatic heterocycles. The molecule has 1 spiro atoms. The number of hydrogen-bond donors (Lipinski definition) is 0. The lowest BCUT2D eigenvalue weighted by Gasteiger charge is -2.23. The van der Waals surface area contributed by atoms with Crippen LogP contribution in [0.1, 0.15) is 25.7 Å². The van der Waals surface area contributed by atoms with Crippen LogP contribution in [0.15, 0.2) is 0 Å². The standard InChI is InChI=1S/C10H15IO3S/c11-15-14-9-3-7-5-10(6-8(7)4-9)12-1-2-13-10/h7-9H,1-6H2. The van der Waals surface area contributed by atoms with Gasteiger partial charge in [-0.2, -0.15) is 0 Å². The van der Waals surface area contributed by atoms with Crippen molar-refractivity contribution >= 4 is 30.4 Å². The summed E-state index contributed by atoms with van der Waals surface area (Å²) < 4.78 is 17.1. The van der Waals surface area contributed by atoms with Crippen LogP contribution >= 0.6 is 30.4 Å². The monoisotopic (exact) mass is 342 g/mol. The van der Waals surface area contributed by atoms with Gasteiger partial charge in [-0.15, -0.1) is 0 Å². The van der Waals surface area contributed by atoms with Crippen molar-refractivity contribution in [2.24, 2.45) is 11.8 Å². The Bertz CT molecular complexity index is 229. The summed E-state index contributed by atoms with van der Waals surface area (Å²) in [5.41, 5.74) is 0. The molecule has 3 fully saturated rings. The summed E-state index contributed by atoms with van der Waals surface area (Å²) in [6.07, 6.45) is 5.01. The average molecular weight is 342 g/mol. The quantitative estimate of drug-likeness (QED) is 0.570. The molecule has 1 saturated heterocycles. The van der Waals surface area contributed by atoms with Crippen molar-refractivity contribution in [3.63, 3.8) is 0 Å². The van der Waals surface area contributed by atoms with Crippen LogP contribution in [0.3, 0.4) is 0 Å². The first-order valence-electron chi connectivity index (χ1n) is 5.53. The molecule has 0 amide bonds. The van der Waals surface area contributed by atoms with E-state index in [1.165, 1.54) is 22.1 Å². The first-order valence-corrected chi connectivity index (χ1v) is 8.82. The summed E-state index contributed by atoms with van der Waals surface area (Å²) in [4.78, 5) is 0. The van der Waals surface area contributed by atoms with Gasteiger partial charge in [0.15, 0.2) is 5.79 Å². The Morgan fingerprint density at radius 2 is 1.73 bits per heavy atom. The van der Waals surface area contributed by atoms with Gasteiger partial charge >= 0.3 is 0 Å². The molecule has 86 valence electrons. The van der Waals surface area contributed by atoms with Gasteiger partial charge in [-0.3, -0.25) is 0 Å². The Morgan fingerprint density at radius 1 is 1.13 bits per heavy atom. The maximum atomic E-state index is 5.76. The van der Waals surface area contributed by atoms with Crippen molar-refractivity contribution in [2.75, 3.05) is 13.2 Å². The SMILES string of the molecule is ISOC1CC2CC3(CC2C1)OCCO3. The summed E-state index contributed by atoms with van der Waals surface area (Å²) in [6, 6.07) is 0. The molecule has 0 aromatic rings. The Hall–Kier alpha value is 0.960. The molecule has 1 aliphatic heterocycles. The molecule has 5 heteroatoms. The largest absolute Gasteiger partial charge is 0.348 e. The lowest BCUT2D eigenvalue weighted by Crippen LogP contribution is -2.27. The lowest BCUT2D eigenvalue weighted by molar-refractivity contribution is -0.156. The van der Waals surface area contributed by atoms with Crippen LogP contribution in [0.2, 0.25) is 0 Å². The highest BCUT2D eigenvalue weighted by Crippen LogP contribution is 2.53. The van der Waals surface area contributed by atoms with Crippen LogP contribution in [-0.2, 0) is 13.7 Å². The zero-order chi connectivity index (χ0) is 10.3. The third-order valence-corrected chi connectivity index (χ3v) is 4.90. The molecule has 0 aromatic carbocycles. The van der Waals surface area contributed by atoms with Gasteiger partial charge in [0.05, 0.1) is 28.5 Å². The Kier molecular flexibility index (Phi) is 3.19. The normalized spacial score (nSPS) is 42.6. The smallest absolute Gasteiger partial charge is 0.169 e. The lowest BCUT2D eigenvalue weighted by atomic mass is 10.0. The number of fused-ring (bicyclic) bond motifs is 1. The minimum Gasteiger partial charge on any atom is -0.348 e. The predicted molar refractivity (Wildman–Crippen MR) is 66.6 cm³/mol. The van der Waals surface area contributed by atoms with Gasteiger partial charge in [-0.05, 0) is 24.7 Å². The van der Waals surface area contributed by atoms with Gasteiger partial charge in [0.25, 0.3) is 0 Å². The minimum absolute atomic E-state index is 0.197. The average Bonchev–Trinajstić information content (AvgIpc) is 2.83. The van der Waals surface area contributed by atoms with E-state index in [9.17, 15) is 0 Å². The van der Waals surface area contributed by atoms with E-state index in [1.54, 1.807) is 0 Å². The van der Waals surface area contributed by atoms with Gasteiger partial charge in [0.1, 0.15) is 0 Å². The highest BCUT2D eigenvalue weighted by molar-refractivity contribution is 14.2. The molecule has 0 radical (unpaired) electrons.